The lowest BCUT2D eigenvalue weighted by Crippen LogP contribution is -2.08. The van der Waals surface area contributed by atoms with Crippen LogP contribution in [0.3, 0.4) is 0 Å². The Morgan fingerprint density at radius 2 is 1.66 bits per heavy atom. The van der Waals surface area contributed by atoms with Crippen molar-refractivity contribution >= 4 is 5.57 Å². The quantitative estimate of drug-likeness (QED) is 0.382. The lowest BCUT2D eigenvalue weighted by Gasteiger charge is -2.22. The monoisotopic (exact) mass is 436 g/mol. The minimum atomic E-state index is -0.779. The van der Waals surface area contributed by atoms with E-state index in [9.17, 15) is 13.2 Å². The van der Waals surface area contributed by atoms with Crippen molar-refractivity contribution in [2.45, 2.75) is 39.0 Å². The summed E-state index contributed by atoms with van der Waals surface area (Å²) in [5, 5.41) is 0. The third kappa shape index (κ3) is 4.74. The van der Waals surface area contributed by atoms with Crippen molar-refractivity contribution in [1.82, 2.24) is 0 Å². The molecule has 1 nitrogen and oxygen atoms in total. The maximum atomic E-state index is 14.7. The topological polar surface area (TPSA) is 9.23 Å². The van der Waals surface area contributed by atoms with Gasteiger partial charge in [0, 0.05) is 5.56 Å². The molecule has 1 aliphatic carbocycles. The van der Waals surface area contributed by atoms with Crippen LogP contribution in [0.1, 0.15) is 42.4 Å². The van der Waals surface area contributed by atoms with Crippen LogP contribution < -0.4 is 4.74 Å². The highest BCUT2D eigenvalue weighted by Gasteiger charge is 2.19. The number of methoxy groups -OCH3 is 1. The Hall–Kier alpha value is -3.01. The van der Waals surface area contributed by atoms with Gasteiger partial charge in [0.1, 0.15) is 0 Å². The first kappa shape index (κ1) is 22.2. The molecule has 0 saturated heterocycles. The van der Waals surface area contributed by atoms with Gasteiger partial charge < -0.3 is 4.74 Å². The number of hydrogen-bond donors (Lipinski definition) is 0. The van der Waals surface area contributed by atoms with Crippen LogP contribution in [0.2, 0.25) is 0 Å². The van der Waals surface area contributed by atoms with E-state index in [-0.39, 0.29) is 11.6 Å². The van der Waals surface area contributed by atoms with E-state index in [1.807, 2.05) is 37.3 Å². The molecule has 0 heterocycles. The molecule has 1 aliphatic rings. The number of ether oxygens (including phenoxy) is 1. The van der Waals surface area contributed by atoms with Gasteiger partial charge in [0.15, 0.2) is 23.2 Å². The van der Waals surface area contributed by atoms with Crippen LogP contribution in [0.25, 0.3) is 16.7 Å². The number of hydrogen-bond acceptors (Lipinski definition) is 1. The van der Waals surface area contributed by atoms with E-state index in [2.05, 4.69) is 6.08 Å². The second-order valence-corrected chi connectivity index (χ2v) is 8.52. The summed E-state index contributed by atoms with van der Waals surface area (Å²) in [6.45, 7) is 1.96. The van der Waals surface area contributed by atoms with E-state index in [0.717, 1.165) is 42.4 Å². The SMILES string of the molecule is COc1ccc(C2=CCC(CCc3ccc(-c4ccc(C)cc4)c(F)c3F)CC2)cc1F. The van der Waals surface area contributed by atoms with Gasteiger partial charge in [-0.1, -0.05) is 54.1 Å². The van der Waals surface area contributed by atoms with E-state index in [1.54, 1.807) is 18.2 Å². The molecule has 4 rings (SSSR count). The molecular formula is C28H27F3O. The first-order valence-electron chi connectivity index (χ1n) is 11.0. The molecule has 0 amide bonds. The third-order valence-corrected chi connectivity index (χ3v) is 6.39. The molecule has 0 saturated carbocycles. The average Bonchev–Trinajstić information content (AvgIpc) is 2.81. The first-order valence-corrected chi connectivity index (χ1v) is 11.0. The molecule has 0 spiro atoms. The Bertz CT molecular complexity index is 1130. The van der Waals surface area contributed by atoms with Crippen LogP contribution >= 0.6 is 0 Å². The Morgan fingerprint density at radius 3 is 2.31 bits per heavy atom. The molecule has 1 unspecified atom stereocenters. The van der Waals surface area contributed by atoms with Crippen molar-refractivity contribution in [2.75, 3.05) is 7.11 Å². The van der Waals surface area contributed by atoms with E-state index in [0.29, 0.717) is 29.0 Å². The van der Waals surface area contributed by atoms with Gasteiger partial charge in [-0.15, -0.1) is 0 Å². The average molecular weight is 437 g/mol. The Balaban J connectivity index is 1.40. The fourth-order valence-corrected chi connectivity index (χ4v) is 4.38. The summed E-state index contributed by atoms with van der Waals surface area (Å²) in [6.07, 6.45) is 6.09. The van der Waals surface area contributed by atoms with Gasteiger partial charge in [-0.3, -0.25) is 0 Å². The number of aryl methyl sites for hydroxylation is 2. The van der Waals surface area contributed by atoms with Crippen molar-refractivity contribution in [3.63, 3.8) is 0 Å². The highest BCUT2D eigenvalue weighted by Crippen LogP contribution is 2.34. The molecule has 4 heteroatoms. The molecule has 0 fully saturated rings. The molecule has 0 N–H and O–H groups in total. The summed E-state index contributed by atoms with van der Waals surface area (Å²) in [6, 6.07) is 15.8. The minimum Gasteiger partial charge on any atom is -0.494 e. The van der Waals surface area contributed by atoms with Crippen LogP contribution in [-0.2, 0) is 6.42 Å². The van der Waals surface area contributed by atoms with E-state index < -0.39 is 11.6 Å². The molecule has 0 aliphatic heterocycles. The number of benzene rings is 3. The zero-order valence-electron chi connectivity index (χ0n) is 18.4. The fraction of sp³-hybridized carbons (Fsp3) is 0.286. The molecule has 3 aromatic rings. The molecule has 32 heavy (non-hydrogen) atoms. The second kappa shape index (κ2) is 9.64. The molecule has 0 aromatic heterocycles. The van der Waals surface area contributed by atoms with E-state index in [1.165, 1.54) is 13.2 Å². The van der Waals surface area contributed by atoms with Crippen LogP contribution in [-0.4, -0.2) is 7.11 Å². The molecule has 0 bridgehead atoms. The smallest absolute Gasteiger partial charge is 0.166 e. The zero-order valence-corrected chi connectivity index (χ0v) is 18.4. The largest absolute Gasteiger partial charge is 0.494 e. The Morgan fingerprint density at radius 1 is 0.906 bits per heavy atom. The lowest BCUT2D eigenvalue weighted by molar-refractivity contribution is 0.386. The number of rotatable bonds is 6. The zero-order chi connectivity index (χ0) is 22.7. The highest BCUT2D eigenvalue weighted by atomic mass is 19.2. The van der Waals surface area contributed by atoms with Crippen molar-refractivity contribution in [3.8, 4) is 16.9 Å². The minimum absolute atomic E-state index is 0.241. The van der Waals surface area contributed by atoms with Gasteiger partial charge in [-0.25, -0.2) is 13.2 Å². The summed E-state index contributed by atoms with van der Waals surface area (Å²) in [5.41, 5.74) is 4.48. The van der Waals surface area contributed by atoms with Gasteiger partial charge in [0.25, 0.3) is 0 Å². The normalized spacial score (nSPS) is 16.0. The third-order valence-electron chi connectivity index (χ3n) is 6.39. The van der Waals surface area contributed by atoms with Gasteiger partial charge in [-0.05, 0) is 79.3 Å². The lowest BCUT2D eigenvalue weighted by atomic mass is 9.83. The predicted molar refractivity (Wildman–Crippen MR) is 123 cm³/mol. The molecule has 0 radical (unpaired) electrons. The van der Waals surface area contributed by atoms with Crippen LogP contribution in [0.4, 0.5) is 13.2 Å². The van der Waals surface area contributed by atoms with Crippen LogP contribution in [0, 0.1) is 30.3 Å². The van der Waals surface area contributed by atoms with Crippen molar-refractivity contribution < 1.29 is 17.9 Å². The van der Waals surface area contributed by atoms with Crippen molar-refractivity contribution in [1.29, 1.82) is 0 Å². The molecular weight excluding hydrogens is 409 g/mol. The van der Waals surface area contributed by atoms with Gasteiger partial charge in [0.05, 0.1) is 7.11 Å². The summed E-state index contributed by atoms with van der Waals surface area (Å²) in [7, 11) is 1.45. The fourth-order valence-electron chi connectivity index (χ4n) is 4.38. The number of halogens is 3. The summed E-state index contributed by atoms with van der Waals surface area (Å²) in [5.74, 6) is -1.24. The highest BCUT2D eigenvalue weighted by molar-refractivity contribution is 5.67. The molecule has 1 atom stereocenters. The van der Waals surface area contributed by atoms with Crippen LogP contribution in [0.15, 0.2) is 60.7 Å². The molecule has 3 aromatic carbocycles. The predicted octanol–water partition coefficient (Wildman–Crippen LogP) is 7.90. The van der Waals surface area contributed by atoms with E-state index >= 15 is 0 Å². The van der Waals surface area contributed by atoms with Gasteiger partial charge in [0.2, 0.25) is 0 Å². The standard InChI is InChI=1S/C28H27F3O/c1-18-3-8-21(9-4-18)24-15-13-22(27(30)28(24)31)12-7-19-5-10-20(11-6-19)23-14-16-26(32-2)25(29)17-23/h3-4,8-10,13-17,19H,5-7,11-12H2,1-2H3. The van der Waals surface area contributed by atoms with Gasteiger partial charge >= 0.3 is 0 Å². The Labute approximate surface area is 187 Å². The molecule has 166 valence electrons. The maximum absolute atomic E-state index is 14.7. The van der Waals surface area contributed by atoms with E-state index in [4.69, 9.17) is 4.74 Å². The first-order chi connectivity index (χ1) is 15.5. The maximum Gasteiger partial charge on any atom is 0.166 e. The van der Waals surface area contributed by atoms with Crippen LogP contribution in [0.5, 0.6) is 5.75 Å². The summed E-state index contributed by atoms with van der Waals surface area (Å²) in [4.78, 5) is 0. The van der Waals surface area contributed by atoms with Crippen molar-refractivity contribution in [2.24, 2.45) is 5.92 Å². The van der Waals surface area contributed by atoms with Crippen molar-refractivity contribution in [3.05, 3.63) is 94.8 Å². The van der Waals surface area contributed by atoms with Gasteiger partial charge in [-0.2, -0.15) is 0 Å². The second-order valence-electron chi connectivity index (χ2n) is 8.52. The summed E-state index contributed by atoms with van der Waals surface area (Å²) >= 11 is 0. The summed E-state index contributed by atoms with van der Waals surface area (Å²) < 4.78 is 48.4. The number of allylic oxidation sites excluding steroid dienone is 2. The Kier molecular flexibility index (Phi) is 6.69.